The summed E-state index contributed by atoms with van der Waals surface area (Å²) in [6, 6.07) is 0. The molecule has 3 aliphatic rings. The molecule has 0 heterocycles. The van der Waals surface area contributed by atoms with Crippen LogP contribution in [0.1, 0.15) is 72.6 Å². The van der Waals surface area contributed by atoms with Crippen molar-refractivity contribution in [3.8, 4) is 0 Å². The standard InChI is InChI=1S/C19H30/c1-13(2)15-7-10-18-16(12-15)8-9-17-14(3)6-5-11-19(17,18)4/h12,14,17-18H,5-11H2,1-4H3/t14-,17?,18?,19-/m0/s1. The molecule has 2 fully saturated rings. The van der Waals surface area contributed by atoms with Gasteiger partial charge in [0.1, 0.15) is 0 Å². The van der Waals surface area contributed by atoms with Gasteiger partial charge in [-0.1, -0.05) is 43.9 Å². The molecule has 0 aromatic carbocycles. The minimum absolute atomic E-state index is 0.620. The van der Waals surface area contributed by atoms with Crippen LogP contribution in [-0.2, 0) is 0 Å². The maximum atomic E-state index is 2.62. The molecule has 3 aliphatic carbocycles. The van der Waals surface area contributed by atoms with Crippen LogP contribution in [-0.4, -0.2) is 0 Å². The zero-order chi connectivity index (χ0) is 13.6. The van der Waals surface area contributed by atoms with Crippen molar-refractivity contribution >= 4 is 0 Å². The molecule has 4 atom stereocenters. The molecule has 0 spiro atoms. The van der Waals surface area contributed by atoms with E-state index in [9.17, 15) is 0 Å². The largest absolute Gasteiger partial charge is 0.0732 e. The van der Waals surface area contributed by atoms with Crippen LogP contribution in [0.4, 0.5) is 0 Å². The Labute approximate surface area is 119 Å². The lowest BCUT2D eigenvalue weighted by Crippen LogP contribution is -2.46. The Hall–Kier alpha value is -0.520. The third-order valence-electron chi connectivity index (χ3n) is 6.60. The first-order valence-corrected chi connectivity index (χ1v) is 8.39. The van der Waals surface area contributed by atoms with Crippen molar-refractivity contribution in [1.82, 2.24) is 0 Å². The van der Waals surface area contributed by atoms with Gasteiger partial charge in [0.05, 0.1) is 0 Å². The van der Waals surface area contributed by atoms with Gasteiger partial charge in [0.15, 0.2) is 0 Å². The highest BCUT2D eigenvalue weighted by Crippen LogP contribution is 2.59. The fraction of sp³-hybridized carbons (Fsp3) is 0.789. The summed E-state index contributed by atoms with van der Waals surface area (Å²) in [6.07, 6.45) is 12.6. The molecular weight excluding hydrogens is 228 g/mol. The van der Waals surface area contributed by atoms with Gasteiger partial charge in [0.2, 0.25) is 0 Å². The lowest BCUT2D eigenvalue weighted by atomic mass is 9.50. The normalized spacial score (nSPS) is 42.2. The van der Waals surface area contributed by atoms with Crippen molar-refractivity contribution in [1.29, 1.82) is 0 Å². The minimum atomic E-state index is 0.620. The molecule has 0 N–H and O–H groups in total. The quantitative estimate of drug-likeness (QED) is 0.508. The first kappa shape index (κ1) is 13.5. The molecule has 0 amide bonds. The summed E-state index contributed by atoms with van der Waals surface area (Å²) in [5.74, 6) is 2.86. The Balaban J connectivity index is 1.94. The molecule has 106 valence electrons. The maximum Gasteiger partial charge on any atom is -0.0140 e. The Morgan fingerprint density at radius 1 is 1.16 bits per heavy atom. The van der Waals surface area contributed by atoms with E-state index in [4.69, 9.17) is 0 Å². The molecule has 0 bridgehead atoms. The van der Waals surface area contributed by atoms with Crippen LogP contribution in [0, 0.1) is 23.2 Å². The molecule has 0 aromatic heterocycles. The highest BCUT2D eigenvalue weighted by molar-refractivity contribution is 5.34. The SMILES string of the molecule is CC(C)=C1C=C2CCC3[C@@H](C)CCC[C@]3(C)C2CC1. The molecule has 0 saturated heterocycles. The van der Waals surface area contributed by atoms with Crippen LogP contribution < -0.4 is 0 Å². The molecule has 2 unspecified atom stereocenters. The number of rotatable bonds is 0. The number of hydrogen-bond donors (Lipinski definition) is 0. The van der Waals surface area contributed by atoms with Gasteiger partial charge >= 0.3 is 0 Å². The topological polar surface area (TPSA) is 0 Å². The van der Waals surface area contributed by atoms with Gasteiger partial charge in [-0.15, -0.1) is 0 Å². The number of allylic oxidation sites excluding steroid dienone is 4. The van der Waals surface area contributed by atoms with Crippen molar-refractivity contribution in [3.63, 3.8) is 0 Å². The van der Waals surface area contributed by atoms with Gasteiger partial charge < -0.3 is 0 Å². The summed E-state index contributed by atoms with van der Waals surface area (Å²) < 4.78 is 0. The van der Waals surface area contributed by atoms with Crippen LogP contribution in [0.2, 0.25) is 0 Å². The van der Waals surface area contributed by atoms with E-state index in [-0.39, 0.29) is 0 Å². The van der Waals surface area contributed by atoms with Gasteiger partial charge in [-0.3, -0.25) is 0 Å². The van der Waals surface area contributed by atoms with E-state index in [0.717, 1.165) is 17.8 Å². The highest BCUT2D eigenvalue weighted by Gasteiger charge is 2.49. The van der Waals surface area contributed by atoms with Gasteiger partial charge in [-0.2, -0.15) is 0 Å². The number of fused-ring (bicyclic) bond motifs is 3. The number of hydrogen-bond acceptors (Lipinski definition) is 0. The molecule has 3 rings (SSSR count). The van der Waals surface area contributed by atoms with Crippen molar-refractivity contribution in [2.45, 2.75) is 72.6 Å². The monoisotopic (exact) mass is 258 g/mol. The fourth-order valence-electron chi connectivity index (χ4n) is 5.49. The van der Waals surface area contributed by atoms with Crippen LogP contribution in [0.3, 0.4) is 0 Å². The molecule has 0 radical (unpaired) electrons. The van der Waals surface area contributed by atoms with Crippen molar-refractivity contribution in [2.24, 2.45) is 23.2 Å². The van der Waals surface area contributed by atoms with Crippen molar-refractivity contribution < 1.29 is 0 Å². The zero-order valence-corrected chi connectivity index (χ0v) is 13.3. The predicted octanol–water partition coefficient (Wildman–Crippen LogP) is 5.90. The van der Waals surface area contributed by atoms with E-state index < -0.39 is 0 Å². The second-order valence-corrected chi connectivity index (χ2v) is 7.86. The van der Waals surface area contributed by atoms with E-state index >= 15 is 0 Å². The summed E-state index contributed by atoms with van der Waals surface area (Å²) in [5, 5.41) is 0. The van der Waals surface area contributed by atoms with Crippen molar-refractivity contribution in [2.75, 3.05) is 0 Å². The third-order valence-corrected chi connectivity index (χ3v) is 6.60. The molecule has 2 saturated carbocycles. The first-order valence-electron chi connectivity index (χ1n) is 8.39. The smallest absolute Gasteiger partial charge is 0.0140 e. The van der Waals surface area contributed by atoms with E-state index in [1.165, 1.54) is 50.5 Å². The Morgan fingerprint density at radius 3 is 2.68 bits per heavy atom. The average molecular weight is 258 g/mol. The van der Waals surface area contributed by atoms with Crippen molar-refractivity contribution in [3.05, 3.63) is 22.8 Å². The minimum Gasteiger partial charge on any atom is -0.0732 e. The maximum absolute atomic E-state index is 2.62. The molecule has 0 aliphatic heterocycles. The van der Waals surface area contributed by atoms with E-state index in [1.54, 1.807) is 11.1 Å². The van der Waals surface area contributed by atoms with Gasteiger partial charge in [0.25, 0.3) is 0 Å². The first-order chi connectivity index (χ1) is 9.02. The van der Waals surface area contributed by atoms with E-state index in [1.807, 2.05) is 0 Å². The average Bonchev–Trinajstić information content (AvgIpc) is 2.38. The molecule has 19 heavy (non-hydrogen) atoms. The van der Waals surface area contributed by atoms with Gasteiger partial charge in [0, 0.05) is 0 Å². The zero-order valence-electron chi connectivity index (χ0n) is 13.3. The molecule has 0 aromatic rings. The Bertz CT molecular complexity index is 421. The van der Waals surface area contributed by atoms with Crippen LogP contribution in [0.25, 0.3) is 0 Å². The lowest BCUT2D eigenvalue weighted by molar-refractivity contribution is -0.00801. The summed E-state index contributed by atoms with van der Waals surface area (Å²) in [5.41, 5.74) is 5.59. The van der Waals surface area contributed by atoms with Crippen LogP contribution in [0.15, 0.2) is 22.8 Å². The highest BCUT2D eigenvalue weighted by atomic mass is 14.5. The van der Waals surface area contributed by atoms with E-state index in [0.29, 0.717) is 5.41 Å². The lowest BCUT2D eigenvalue weighted by Gasteiger charge is -2.55. The fourth-order valence-corrected chi connectivity index (χ4v) is 5.49. The second kappa shape index (κ2) is 4.79. The van der Waals surface area contributed by atoms with Gasteiger partial charge in [-0.25, -0.2) is 0 Å². The Morgan fingerprint density at radius 2 is 1.95 bits per heavy atom. The third kappa shape index (κ3) is 2.12. The van der Waals surface area contributed by atoms with Crippen LogP contribution in [0.5, 0.6) is 0 Å². The molecular formula is C19H30. The second-order valence-electron chi connectivity index (χ2n) is 7.86. The molecule has 0 nitrogen and oxygen atoms in total. The Kier molecular flexibility index (Phi) is 3.39. The predicted molar refractivity (Wildman–Crippen MR) is 83.0 cm³/mol. The van der Waals surface area contributed by atoms with Crippen LogP contribution >= 0.6 is 0 Å². The summed E-state index contributed by atoms with van der Waals surface area (Å²) in [6.45, 7) is 9.70. The van der Waals surface area contributed by atoms with E-state index in [2.05, 4.69) is 33.8 Å². The summed E-state index contributed by atoms with van der Waals surface area (Å²) in [4.78, 5) is 0. The summed E-state index contributed by atoms with van der Waals surface area (Å²) >= 11 is 0. The summed E-state index contributed by atoms with van der Waals surface area (Å²) in [7, 11) is 0. The van der Waals surface area contributed by atoms with Gasteiger partial charge in [-0.05, 0) is 74.7 Å². The molecule has 0 heteroatoms.